The van der Waals surface area contributed by atoms with E-state index in [0.717, 1.165) is 11.4 Å². The first-order valence-electron chi connectivity index (χ1n) is 4.98. The lowest BCUT2D eigenvalue weighted by atomic mass is 10.4. The van der Waals surface area contributed by atoms with Crippen LogP contribution < -0.4 is 0 Å². The summed E-state index contributed by atoms with van der Waals surface area (Å²) in [5.41, 5.74) is 2.08. The molecule has 0 radical (unpaired) electrons. The van der Waals surface area contributed by atoms with Crippen molar-refractivity contribution in [3.8, 4) is 0 Å². The van der Waals surface area contributed by atoms with Crippen molar-refractivity contribution in [1.82, 2.24) is 0 Å². The zero-order valence-corrected chi connectivity index (χ0v) is 10.3. The van der Waals surface area contributed by atoms with Gasteiger partial charge in [-0.25, -0.2) is 0 Å². The van der Waals surface area contributed by atoms with Crippen molar-refractivity contribution in [2.24, 2.45) is 4.99 Å². The van der Waals surface area contributed by atoms with Gasteiger partial charge in [0.15, 0.2) is 0 Å². The van der Waals surface area contributed by atoms with Crippen molar-refractivity contribution in [1.29, 1.82) is 0 Å². The van der Waals surface area contributed by atoms with Crippen molar-refractivity contribution in [3.05, 3.63) is 24.4 Å². The van der Waals surface area contributed by atoms with Crippen molar-refractivity contribution in [2.45, 2.75) is 48.5 Å². The van der Waals surface area contributed by atoms with Gasteiger partial charge in [0, 0.05) is 11.4 Å². The molecule has 0 heterocycles. The quantitative estimate of drug-likeness (QED) is 0.438. The van der Waals surface area contributed by atoms with E-state index in [1.54, 1.807) is 6.08 Å². The number of allylic oxidation sites excluding steroid dienone is 3. The molecule has 0 rings (SSSR count). The van der Waals surface area contributed by atoms with Gasteiger partial charge in [0.1, 0.15) is 0 Å². The van der Waals surface area contributed by atoms with E-state index in [0.29, 0.717) is 0 Å². The van der Waals surface area contributed by atoms with Crippen LogP contribution in [0.25, 0.3) is 0 Å². The number of nitrogens with zero attached hydrogens (tertiary/aromatic N) is 1. The first-order valence-corrected chi connectivity index (χ1v) is 4.98. The molecule has 0 aromatic heterocycles. The Bertz CT molecular complexity index is 149. The van der Waals surface area contributed by atoms with E-state index >= 15 is 0 Å². The van der Waals surface area contributed by atoms with Gasteiger partial charge in [0.25, 0.3) is 0 Å². The average molecular weight is 183 g/mol. The van der Waals surface area contributed by atoms with Crippen LogP contribution in [0.3, 0.4) is 0 Å². The fourth-order valence-corrected chi connectivity index (χ4v) is 0.561. The van der Waals surface area contributed by atoms with E-state index in [1.165, 1.54) is 0 Å². The highest BCUT2D eigenvalue weighted by Crippen LogP contribution is 1.94. The van der Waals surface area contributed by atoms with Gasteiger partial charge in [-0.05, 0) is 26.8 Å². The molecule has 13 heavy (non-hydrogen) atoms. The summed E-state index contributed by atoms with van der Waals surface area (Å²) in [4.78, 5) is 4.17. The third-order valence-electron chi connectivity index (χ3n) is 0.759. The average Bonchev–Trinajstić information content (AvgIpc) is 2.10. The van der Waals surface area contributed by atoms with Crippen molar-refractivity contribution < 1.29 is 0 Å². The van der Waals surface area contributed by atoms with Gasteiger partial charge in [-0.15, -0.1) is 0 Å². The molecule has 1 nitrogen and oxygen atoms in total. The Morgan fingerprint density at radius 2 is 1.38 bits per heavy atom. The number of hydrogen-bond donors (Lipinski definition) is 0. The number of aliphatic imine (C=N–C) groups is 1. The summed E-state index contributed by atoms with van der Waals surface area (Å²) >= 11 is 0. The maximum Gasteiger partial charge on any atom is 0.0371 e. The van der Waals surface area contributed by atoms with Gasteiger partial charge < -0.3 is 0 Å². The Hall–Kier alpha value is -0.850. The molecule has 0 aliphatic rings. The van der Waals surface area contributed by atoms with Gasteiger partial charge in [-0.3, -0.25) is 4.99 Å². The molecular weight excluding hydrogens is 158 g/mol. The first kappa shape index (κ1) is 18.0. The van der Waals surface area contributed by atoms with Crippen LogP contribution >= 0.6 is 0 Å². The molecule has 0 aliphatic heterocycles. The molecule has 0 N–H and O–H groups in total. The SMILES string of the molecule is C=C/C=C(/C)N=C(C)C.CC.CC. The highest BCUT2D eigenvalue weighted by molar-refractivity contribution is 5.80. The predicted molar refractivity (Wildman–Crippen MR) is 65.4 cm³/mol. The molecule has 0 aliphatic carbocycles. The summed E-state index contributed by atoms with van der Waals surface area (Å²) < 4.78 is 0. The van der Waals surface area contributed by atoms with Crippen LogP contribution in [0, 0.1) is 0 Å². The molecular formula is C12H25N. The third-order valence-corrected chi connectivity index (χ3v) is 0.759. The van der Waals surface area contributed by atoms with Gasteiger partial charge >= 0.3 is 0 Å². The minimum Gasteiger partial charge on any atom is -0.263 e. The minimum atomic E-state index is 1.00. The molecule has 78 valence electrons. The lowest BCUT2D eigenvalue weighted by molar-refractivity contribution is 1.29. The number of hydrogen-bond acceptors (Lipinski definition) is 1. The van der Waals surface area contributed by atoms with E-state index in [-0.39, 0.29) is 0 Å². The van der Waals surface area contributed by atoms with Crippen LogP contribution in [0.15, 0.2) is 29.4 Å². The lowest BCUT2D eigenvalue weighted by Crippen LogP contribution is -1.79. The second-order valence-corrected chi connectivity index (χ2v) is 2.10. The van der Waals surface area contributed by atoms with Crippen LogP contribution in [0.4, 0.5) is 0 Å². The van der Waals surface area contributed by atoms with Crippen LogP contribution in [0.1, 0.15) is 48.5 Å². The summed E-state index contributed by atoms with van der Waals surface area (Å²) in [6.45, 7) is 17.5. The predicted octanol–water partition coefficient (Wildman–Crippen LogP) is 4.61. The Morgan fingerprint density at radius 3 is 1.62 bits per heavy atom. The zero-order valence-electron chi connectivity index (χ0n) is 10.3. The highest BCUT2D eigenvalue weighted by Gasteiger charge is 1.79. The van der Waals surface area contributed by atoms with E-state index < -0.39 is 0 Å². The van der Waals surface area contributed by atoms with Crippen molar-refractivity contribution in [3.63, 3.8) is 0 Å². The van der Waals surface area contributed by atoms with Crippen LogP contribution in [-0.4, -0.2) is 5.71 Å². The largest absolute Gasteiger partial charge is 0.263 e. The smallest absolute Gasteiger partial charge is 0.0371 e. The minimum absolute atomic E-state index is 1.00. The van der Waals surface area contributed by atoms with Crippen LogP contribution in [0.5, 0.6) is 0 Å². The van der Waals surface area contributed by atoms with E-state index in [1.807, 2.05) is 54.5 Å². The maximum atomic E-state index is 4.17. The molecule has 0 amide bonds. The lowest BCUT2D eigenvalue weighted by Gasteiger charge is -1.89. The molecule has 0 aromatic rings. The van der Waals surface area contributed by atoms with Gasteiger partial charge in [-0.2, -0.15) is 0 Å². The summed E-state index contributed by atoms with van der Waals surface area (Å²) in [6.07, 6.45) is 3.62. The Labute approximate surface area is 84.3 Å². The number of rotatable bonds is 2. The molecule has 0 saturated carbocycles. The summed E-state index contributed by atoms with van der Waals surface area (Å²) in [7, 11) is 0. The fourth-order valence-electron chi connectivity index (χ4n) is 0.561. The monoisotopic (exact) mass is 183 g/mol. The fraction of sp³-hybridized carbons (Fsp3) is 0.583. The van der Waals surface area contributed by atoms with E-state index in [2.05, 4.69) is 11.6 Å². The van der Waals surface area contributed by atoms with E-state index in [9.17, 15) is 0 Å². The maximum absolute atomic E-state index is 4.17. The molecule has 0 atom stereocenters. The second-order valence-electron chi connectivity index (χ2n) is 2.10. The van der Waals surface area contributed by atoms with Crippen molar-refractivity contribution in [2.75, 3.05) is 0 Å². The normalized spacial score (nSPS) is 8.38. The molecule has 0 spiro atoms. The Morgan fingerprint density at radius 1 is 1.00 bits per heavy atom. The molecule has 0 fully saturated rings. The molecule has 0 bridgehead atoms. The third kappa shape index (κ3) is 24.7. The molecule has 0 aromatic carbocycles. The summed E-state index contributed by atoms with van der Waals surface area (Å²) in [5.74, 6) is 0. The van der Waals surface area contributed by atoms with Crippen LogP contribution in [-0.2, 0) is 0 Å². The van der Waals surface area contributed by atoms with E-state index in [4.69, 9.17) is 0 Å². The topological polar surface area (TPSA) is 12.4 Å². The molecule has 0 unspecified atom stereocenters. The van der Waals surface area contributed by atoms with Gasteiger partial charge in [-0.1, -0.05) is 40.3 Å². The molecule has 0 saturated heterocycles. The Kier molecular flexibility index (Phi) is 24.0. The zero-order chi connectivity index (χ0) is 11.3. The molecule has 1 heteroatoms. The summed E-state index contributed by atoms with van der Waals surface area (Å²) in [5, 5.41) is 0. The van der Waals surface area contributed by atoms with Crippen LogP contribution in [0.2, 0.25) is 0 Å². The standard InChI is InChI=1S/C8H13N.2C2H6/c1-5-6-8(4)9-7(2)3;2*1-2/h5-6H,1H2,2-4H3;2*1-2H3/b8-6-;;. The van der Waals surface area contributed by atoms with Gasteiger partial charge in [0.05, 0.1) is 0 Å². The highest BCUT2D eigenvalue weighted by atomic mass is 14.7. The van der Waals surface area contributed by atoms with Gasteiger partial charge in [0.2, 0.25) is 0 Å². The van der Waals surface area contributed by atoms with Crippen molar-refractivity contribution >= 4 is 5.71 Å². The Balaban J connectivity index is -0.000000218. The first-order chi connectivity index (χ1) is 6.16. The second kappa shape index (κ2) is 17.3. The summed E-state index contributed by atoms with van der Waals surface area (Å²) in [6, 6.07) is 0.